The summed E-state index contributed by atoms with van der Waals surface area (Å²) in [5.74, 6) is 4.66. The molecule has 0 aliphatic rings. The van der Waals surface area contributed by atoms with Crippen molar-refractivity contribution >= 4 is 29.9 Å². The third-order valence-corrected chi connectivity index (χ3v) is 2.20. The molecule has 0 saturated carbocycles. The lowest BCUT2D eigenvalue weighted by Crippen LogP contribution is -2.25. The molecule has 0 fully saturated rings. The van der Waals surface area contributed by atoms with Crippen LogP contribution in [0.15, 0.2) is 24.3 Å². The highest BCUT2D eigenvalue weighted by molar-refractivity contribution is 5.94. The first-order chi connectivity index (χ1) is 8.13. The normalized spacial score (nSPS) is 9.17. The molecule has 0 bridgehead atoms. The first-order valence-electron chi connectivity index (χ1n) is 5.26. The molecule has 0 saturated heterocycles. The van der Waals surface area contributed by atoms with Gasteiger partial charge in [-0.3, -0.25) is 15.4 Å². The second-order valence-electron chi connectivity index (χ2n) is 3.55. The van der Waals surface area contributed by atoms with Gasteiger partial charge in [-0.05, 0) is 30.7 Å². The Morgan fingerprint density at radius 3 is 2.28 bits per heavy atom. The zero-order valence-electron chi connectivity index (χ0n) is 9.81. The molecular weight excluding hydrogens is 256 g/mol. The fourth-order valence-corrected chi connectivity index (χ4v) is 1.28. The molecule has 0 unspecified atom stereocenters. The number of carbonyl (C=O) groups excluding carboxylic acids is 2. The summed E-state index contributed by atoms with van der Waals surface area (Å²) in [6, 6.07) is 6.74. The molecule has 0 aliphatic heterocycles. The van der Waals surface area contributed by atoms with Crippen molar-refractivity contribution in [2.75, 3.05) is 12.0 Å². The van der Waals surface area contributed by atoms with Crippen LogP contribution >= 0.6 is 12.4 Å². The topological polar surface area (TPSA) is 110 Å². The van der Waals surface area contributed by atoms with Crippen molar-refractivity contribution in [3.8, 4) is 0 Å². The van der Waals surface area contributed by atoms with Gasteiger partial charge in [-0.2, -0.15) is 0 Å². The van der Waals surface area contributed by atoms with E-state index in [-0.39, 0.29) is 30.6 Å². The number of rotatable bonds is 6. The number of benzene rings is 1. The molecule has 2 amide bonds. The number of carbonyl (C=O) groups is 2. The SMILES string of the molecule is Cl.NNc1ccc(C(=O)NCCCC(N)=O)cc1. The molecule has 0 heterocycles. The van der Waals surface area contributed by atoms with Crippen LogP contribution in [0.25, 0.3) is 0 Å². The lowest BCUT2D eigenvalue weighted by atomic mass is 10.2. The number of nitrogens with two attached hydrogens (primary N) is 2. The highest BCUT2D eigenvalue weighted by Gasteiger charge is 2.04. The van der Waals surface area contributed by atoms with Gasteiger partial charge in [-0.1, -0.05) is 0 Å². The second-order valence-corrected chi connectivity index (χ2v) is 3.55. The monoisotopic (exact) mass is 272 g/mol. The van der Waals surface area contributed by atoms with Crippen molar-refractivity contribution in [1.82, 2.24) is 5.32 Å². The van der Waals surface area contributed by atoms with Gasteiger partial charge in [0.2, 0.25) is 5.91 Å². The Hall–Kier alpha value is -1.79. The standard InChI is InChI=1S/C11H16N4O2.ClH/c12-10(16)2-1-7-14-11(17)8-3-5-9(15-13)6-4-8;/h3-6,15H,1-2,7,13H2,(H2,12,16)(H,14,17);1H. The largest absolute Gasteiger partial charge is 0.370 e. The van der Waals surface area contributed by atoms with E-state index in [0.717, 1.165) is 5.69 Å². The van der Waals surface area contributed by atoms with Crippen LogP contribution in [-0.4, -0.2) is 18.4 Å². The fourth-order valence-electron chi connectivity index (χ4n) is 1.28. The van der Waals surface area contributed by atoms with Gasteiger partial charge in [0.1, 0.15) is 0 Å². The molecule has 0 radical (unpaired) electrons. The van der Waals surface area contributed by atoms with E-state index >= 15 is 0 Å². The van der Waals surface area contributed by atoms with Crippen LogP contribution < -0.4 is 22.3 Å². The van der Waals surface area contributed by atoms with Gasteiger partial charge in [-0.25, -0.2) is 0 Å². The minimum atomic E-state index is -0.363. The predicted octanol–water partition coefficient (Wildman–Crippen LogP) is 0.389. The summed E-state index contributed by atoms with van der Waals surface area (Å²) in [5.41, 5.74) is 8.73. The van der Waals surface area contributed by atoms with Crippen LogP contribution in [0.1, 0.15) is 23.2 Å². The van der Waals surface area contributed by atoms with E-state index in [1.54, 1.807) is 24.3 Å². The summed E-state index contributed by atoms with van der Waals surface area (Å²) in [7, 11) is 0. The maximum absolute atomic E-state index is 11.6. The van der Waals surface area contributed by atoms with E-state index in [4.69, 9.17) is 11.6 Å². The molecule has 6 N–H and O–H groups in total. The Morgan fingerprint density at radius 1 is 1.17 bits per heavy atom. The molecule has 0 spiro atoms. The molecular formula is C11H17ClN4O2. The van der Waals surface area contributed by atoms with Crippen molar-refractivity contribution in [2.24, 2.45) is 11.6 Å². The molecule has 1 aromatic carbocycles. The highest BCUT2D eigenvalue weighted by atomic mass is 35.5. The number of primary amides is 1. The summed E-state index contributed by atoms with van der Waals surface area (Å²) in [5, 5.41) is 2.69. The van der Waals surface area contributed by atoms with Crippen molar-refractivity contribution in [3.63, 3.8) is 0 Å². The van der Waals surface area contributed by atoms with Crippen LogP contribution in [0.5, 0.6) is 0 Å². The van der Waals surface area contributed by atoms with Gasteiger partial charge >= 0.3 is 0 Å². The number of hydrogen-bond donors (Lipinski definition) is 4. The molecule has 100 valence electrons. The number of nitrogen functional groups attached to an aromatic ring is 1. The van der Waals surface area contributed by atoms with E-state index in [1.807, 2.05) is 0 Å². The number of anilines is 1. The third-order valence-electron chi connectivity index (χ3n) is 2.20. The van der Waals surface area contributed by atoms with Crippen LogP contribution in [-0.2, 0) is 4.79 Å². The van der Waals surface area contributed by atoms with Crippen molar-refractivity contribution in [1.29, 1.82) is 0 Å². The Bertz CT molecular complexity index is 395. The van der Waals surface area contributed by atoms with Gasteiger partial charge in [0.05, 0.1) is 0 Å². The van der Waals surface area contributed by atoms with Crippen molar-refractivity contribution < 1.29 is 9.59 Å². The van der Waals surface area contributed by atoms with E-state index in [2.05, 4.69) is 10.7 Å². The maximum Gasteiger partial charge on any atom is 0.251 e. The molecule has 18 heavy (non-hydrogen) atoms. The minimum absolute atomic E-state index is 0. The maximum atomic E-state index is 11.6. The van der Waals surface area contributed by atoms with Gasteiger partial charge in [0.15, 0.2) is 0 Å². The van der Waals surface area contributed by atoms with Gasteiger partial charge in [0, 0.05) is 24.2 Å². The summed E-state index contributed by atoms with van der Waals surface area (Å²) in [6.07, 6.45) is 0.819. The lowest BCUT2D eigenvalue weighted by molar-refractivity contribution is -0.118. The van der Waals surface area contributed by atoms with E-state index in [0.29, 0.717) is 18.5 Å². The number of amides is 2. The van der Waals surface area contributed by atoms with Crippen molar-refractivity contribution in [2.45, 2.75) is 12.8 Å². The lowest BCUT2D eigenvalue weighted by Gasteiger charge is -2.05. The summed E-state index contributed by atoms with van der Waals surface area (Å²) < 4.78 is 0. The van der Waals surface area contributed by atoms with E-state index in [9.17, 15) is 9.59 Å². The summed E-state index contributed by atoms with van der Waals surface area (Å²) >= 11 is 0. The number of halogens is 1. The van der Waals surface area contributed by atoms with Gasteiger partial charge in [0.25, 0.3) is 5.91 Å². The average Bonchev–Trinajstić information content (AvgIpc) is 2.34. The van der Waals surface area contributed by atoms with E-state index < -0.39 is 0 Å². The predicted molar refractivity (Wildman–Crippen MR) is 72.3 cm³/mol. The third kappa shape index (κ3) is 5.51. The van der Waals surface area contributed by atoms with Gasteiger partial charge < -0.3 is 16.5 Å². The van der Waals surface area contributed by atoms with Crippen LogP contribution in [0.4, 0.5) is 5.69 Å². The highest BCUT2D eigenvalue weighted by Crippen LogP contribution is 2.07. The molecule has 1 rings (SSSR count). The van der Waals surface area contributed by atoms with Crippen LogP contribution in [0.2, 0.25) is 0 Å². The molecule has 0 atom stereocenters. The summed E-state index contributed by atoms with van der Waals surface area (Å²) in [4.78, 5) is 22.1. The molecule has 1 aromatic rings. The van der Waals surface area contributed by atoms with Gasteiger partial charge in [-0.15, -0.1) is 12.4 Å². The van der Waals surface area contributed by atoms with Crippen LogP contribution in [0, 0.1) is 0 Å². The quantitative estimate of drug-likeness (QED) is 0.341. The zero-order chi connectivity index (χ0) is 12.7. The first-order valence-corrected chi connectivity index (χ1v) is 5.26. The Morgan fingerprint density at radius 2 is 1.78 bits per heavy atom. The average molecular weight is 273 g/mol. The number of hydrazine groups is 1. The Labute approximate surface area is 111 Å². The van der Waals surface area contributed by atoms with Crippen molar-refractivity contribution in [3.05, 3.63) is 29.8 Å². The first kappa shape index (κ1) is 16.2. The molecule has 0 aliphatic carbocycles. The number of nitrogens with one attached hydrogen (secondary N) is 2. The number of hydrogen-bond acceptors (Lipinski definition) is 4. The smallest absolute Gasteiger partial charge is 0.251 e. The van der Waals surface area contributed by atoms with E-state index in [1.165, 1.54) is 0 Å². The Balaban J connectivity index is 0.00000289. The fraction of sp³-hybridized carbons (Fsp3) is 0.273. The Kier molecular flexibility index (Phi) is 7.50. The summed E-state index contributed by atoms with van der Waals surface area (Å²) in [6.45, 7) is 0.429. The minimum Gasteiger partial charge on any atom is -0.370 e. The molecule has 6 nitrogen and oxygen atoms in total. The zero-order valence-corrected chi connectivity index (χ0v) is 10.6. The van der Waals surface area contributed by atoms with Crippen LogP contribution in [0.3, 0.4) is 0 Å². The molecule has 7 heteroatoms. The second kappa shape index (κ2) is 8.32. The molecule has 0 aromatic heterocycles.